The molecule has 1 aliphatic rings. The molecular weight excluding hydrogens is 640 g/mol. The zero-order valence-corrected chi connectivity index (χ0v) is 27.1. The van der Waals surface area contributed by atoms with Crippen LogP contribution in [0.15, 0.2) is 76.5 Å². The number of hydrogen-bond donors (Lipinski definition) is 0. The summed E-state index contributed by atoms with van der Waals surface area (Å²) in [4.78, 5) is 33.6. The van der Waals surface area contributed by atoms with E-state index in [4.69, 9.17) is 17.8 Å². The van der Waals surface area contributed by atoms with Gasteiger partial charge in [-0.1, -0.05) is 74.0 Å². The molecule has 0 bridgehead atoms. The van der Waals surface area contributed by atoms with Gasteiger partial charge in [0.2, 0.25) is 5.91 Å². The van der Waals surface area contributed by atoms with Gasteiger partial charge >= 0.3 is 6.18 Å². The van der Waals surface area contributed by atoms with Crippen LogP contribution in [0.3, 0.4) is 0 Å². The first-order chi connectivity index (χ1) is 28.0. The standard InChI is InChI=1S/C37H40F4N4O2S/c1-4-43(5-2)19-20-44(22-26-9-13-28(14-10-26)29-15-18-32(25(3)21-29)37(39,40)41)34(46)23-45-33-8-6-7-31(33)35(47)42-36(45)48-24-27-11-16-30(38)17-12-27/h9-18,21H,4-8,19-20,22-24H2,1-3H3/i4D2,5D2,9D,10D,13D,14D,15D,18D,21D,24D2. The summed E-state index contributed by atoms with van der Waals surface area (Å²) in [5, 5.41) is -0.226. The van der Waals surface area contributed by atoms with Crippen molar-refractivity contribution in [2.45, 2.75) is 70.2 Å². The Morgan fingerprint density at radius 1 is 1.00 bits per heavy atom. The van der Waals surface area contributed by atoms with Gasteiger partial charge in [-0.05, 0) is 85.2 Å². The van der Waals surface area contributed by atoms with E-state index in [0.717, 1.165) is 42.7 Å². The van der Waals surface area contributed by atoms with Gasteiger partial charge in [0.1, 0.15) is 12.4 Å². The molecule has 0 saturated carbocycles. The molecule has 4 aromatic rings. The second-order valence-electron chi connectivity index (χ2n) is 10.8. The first-order valence-electron chi connectivity index (χ1n) is 21.4. The fourth-order valence-electron chi connectivity index (χ4n) is 5.17. The number of rotatable bonds is 13. The van der Waals surface area contributed by atoms with Crippen LogP contribution in [0.1, 0.15) is 71.6 Å². The van der Waals surface area contributed by atoms with Gasteiger partial charge in [-0.25, -0.2) is 4.39 Å². The predicted octanol–water partition coefficient (Wildman–Crippen LogP) is 7.53. The van der Waals surface area contributed by atoms with Crippen molar-refractivity contribution in [2.24, 2.45) is 0 Å². The Morgan fingerprint density at radius 2 is 1.69 bits per heavy atom. The van der Waals surface area contributed by atoms with E-state index in [1.807, 2.05) is 0 Å². The van der Waals surface area contributed by atoms with Crippen molar-refractivity contribution >= 4 is 17.7 Å². The van der Waals surface area contributed by atoms with Gasteiger partial charge in [-0.15, -0.1) is 0 Å². The van der Waals surface area contributed by atoms with E-state index >= 15 is 0 Å². The Kier molecular flexibility index (Phi) is 7.07. The van der Waals surface area contributed by atoms with E-state index < -0.39 is 138 Å². The lowest BCUT2D eigenvalue weighted by Gasteiger charge is -2.28. The average molecular weight is 694 g/mol. The van der Waals surface area contributed by atoms with Crippen molar-refractivity contribution in [3.05, 3.63) is 116 Å². The minimum Gasteiger partial charge on any atom is -0.336 e. The van der Waals surface area contributed by atoms with Crippen LogP contribution in [0.5, 0.6) is 0 Å². The molecule has 0 radical (unpaired) electrons. The Balaban J connectivity index is 1.64. The third kappa shape index (κ3) is 8.54. The van der Waals surface area contributed by atoms with E-state index in [1.165, 1.54) is 16.7 Å². The molecule has 3 aromatic carbocycles. The molecule has 0 unspecified atom stereocenters. The number of likely N-dealkylation sites (N-methyl/N-ethyl adjacent to an activating group) is 1. The summed E-state index contributed by atoms with van der Waals surface area (Å²) in [5.74, 6) is -1.47. The number of carbonyl (C=O) groups is 1. The number of alkyl halides is 3. The number of amides is 1. The van der Waals surface area contributed by atoms with E-state index in [9.17, 15) is 27.2 Å². The highest BCUT2D eigenvalue weighted by Gasteiger charge is 2.32. The zero-order chi connectivity index (χ0) is 45.9. The van der Waals surface area contributed by atoms with Gasteiger partial charge in [0, 0.05) is 44.8 Å². The normalized spacial score (nSPS) is 17.6. The molecule has 0 saturated heterocycles. The average Bonchev–Trinajstić information content (AvgIpc) is 3.63. The van der Waals surface area contributed by atoms with Crippen LogP contribution in [0, 0.1) is 12.7 Å². The largest absolute Gasteiger partial charge is 0.416 e. The van der Waals surface area contributed by atoms with Crippen molar-refractivity contribution in [2.75, 3.05) is 26.1 Å². The van der Waals surface area contributed by atoms with Crippen molar-refractivity contribution in [1.82, 2.24) is 19.4 Å². The molecule has 1 amide bonds. The highest BCUT2D eigenvalue weighted by atomic mass is 32.2. The van der Waals surface area contributed by atoms with Gasteiger partial charge in [0.05, 0.1) is 15.2 Å². The van der Waals surface area contributed by atoms with Crippen LogP contribution in [-0.4, -0.2) is 51.3 Å². The Morgan fingerprint density at radius 3 is 2.35 bits per heavy atom. The lowest BCUT2D eigenvalue weighted by atomic mass is 9.98. The second kappa shape index (κ2) is 15.5. The summed E-state index contributed by atoms with van der Waals surface area (Å²) in [5.41, 5.74) is -6.55. The summed E-state index contributed by atoms with van der Waals surface area (Å²) in [6, 6.07) is -2.36. The fourth-order valence-corrected chi connectivity index (χ4v) is 5.93. The van der Waals surface area contributed by atoms with Gasteiger partial charge < -0.3 is 14.4 Å². The molecule has 0 spiro atoms. The molecule has 1 aromatic heterocycles. The minimum absolute atomic E-state index is 0.0168. The molecule has 0 atom stereocenters. The Hall–Kier alpha value is -3.96. The number of benzene rings is 3. The minimum atomic E-state index is -5.12. The monoisotopic (exact) mass is 693 g/mol. The Bertz CT molecular complexity index is 2370. The fraction of sp³-hybridized carbons (Fsp3) is 0.378. The molecule has 0 aliphatic heterocycles. The highest BCUT2D eigenvalue weighted by molar-refractivity contribution is 7.98. The topological polar surface area (TPSA) is 58.4 Å². The maximum absolute atomic E-state index is 14.6. The van der Waals surface area contributed by atoms with Crippen molar-refractivity contribution < 1.29 is 40.2 Å². The maximum Gasteiger partial charge on any atom is 0.416 e. The summed E-state index contributed by atoms with van der Waals surface area (Å²) in [6.45, 7) is -3.92. The number of hydrogen-bond acceptors (Lipinski definition) is 5. The number of nitrogens with zero attached hydrogens (tertiary/aromatic N) is 4. The predicted molar refractivity (Wildman–Crippen MR) is 181 cm³/mol. The smallest absolute Gasteiger partial charge is 0.336 e. The molecule has 48 heavy (non-hydrogen) atoms. The van der Waals surface area contributed by atoms with Crippen LogP contribution in [0.4, 0.5) is 17.6 Å². The first-order valence-corrected chi connectivity index (χ1v) is 15.7. The molecule has 1 aliphatic carbocycles. The molecule has 11 heteroatoms. The number of carbonyl (C=O) groups excluding carboxylic acids is 1. The molecule has 6 nitrogen and oxygen atoms in total. The third-order valence-electron chi connectivity index (χ3n) is 7.64. The van der Waals surface area contributed by atoms with E-state index in [0.29, 0.717) is 30.3 Å². The number of halogens is 4. The number of fused-ring (bicyclic) bond motifs is 1. The summed E-state index contributed by atoms with van der Waals surface area (Å²) >= 11 is 0.478. The third-order valence-corrected chi connectivity index (χ3v) is 8.48. The zero-order valence-electron chi connectivity index (χ0n) is 39.3. The van der Waals surface area contributed by atoms with Gasteiger partial charge in [0.25, 0.3) is 5.56 Å². The van der Waals surface area contributed by atoms with E-state index in [1.54, 1.807) is 0 Å². The van der Waals surface area contributed by atoms with Crippen LogP contribution < -0.4 is 5.56 Å². The van der Waals surface area contributed by atoms with E-state index in [2.05, 4.69) is 4.98 Å². The van der Waals surface area contributed by atoms with Crippen LogP contribution in [-0.2, 0) is 42.6 Å². The van der Waals surface area contributed by atoms with Gasteiger partial charge in [-0.3, -0.25) is 9.59 Å². The van der Waals surface area contributed by atoms with Gasteiger partial charge in [0.15, 0.2) is 5.16 Å². The highest BCUT2D eigenvalue weighted by Crippen LogP contribution is 2.34. The Labute approximate surface area is 301 Å². The van der Waals surface area contributed by atoms with E-state index in [-0.39, 0.29) is 22.7 Å². The molecule has 254 valence electrons. The number of aromatic nitrogens is 2. The lowest BCUT2D eigenvalue weighted by molar-refractivity contribution is -0.138. The van der Waals surface area contributed by atoms with Crippen molar-refractivity contribution in [1.29, 1.82) is 0 Å². The van der Waals surface area contributed by atoms with Gasteiger partial charge in [-0.2, -0.15) is 18.2 Å². The van der Waals surface area contributed by atoms with Crippen LogP contribution >= 0.6 is 11.8 Å². The SMILES string of the molecule is [2H]c1c([2H])c(-c2c([2H])c([2H])c(C(F)(F)F)c(C)c2[2H])c([2H])c([2H])c1CN(CCN(C([2H])([2H])C)C([2H])([2H])C)C(=O)Cn1c(SC([2H])([2H])c2ccc(F)cc2)nc(=O)c2c1CCC2. The molecule has 1 heterocycles. The van der Waals surface area contributed by atoms with Crippen molar-refractivity contribution in [3.63, 3.8) is 0 Å². The summed E-state index contributed by atoms with van der Waals surface area (Å²) in [7, 11) is 0. The summed E-state index contributed by atoms with van der Waals surface area (Å²) in [6.07, 6.45) is -4.04. The van der Waals surface area contributed by atoms with Crippen molar-refractivity contribution in [3.8, 4) is 11.1 Å². The maximum atomic E-state index is 14.6. The van der Waals surface area contributed by atoms with Crippen LogP contribution in [0.2, 0.25) is 0 Å². The molecular formula is C37H40F4N4O2S. The molecule has 5 rings (SSSR count). The lowest BCUT2D eigenvalue weighted by Crippen LogP contribution is -2.40. The first kappa shape index (κ1) is 21.9. The number of thioether (sulfide) groups is 1. The molecule has 0 fully saturated rings. The quantitative estimate of drug-likeness (QED) is 0.0824. The van der Waals surface area contributed by atoms with Crippen LogP contribution in [0.25, 0.3) is 11.1 Å². The molecule has 0 N–H and O–H groups in total. The second-order valence-corrected chi connectivity index (χ2v) is 11.6. The summed E-state index contributed by atoms with van der Waals surface area (Å²) < 4.78 is 167.